The molecule has 3 aromatic rings. The highest BCUT2D eigenvalue weighted by molar-refractivity contribution is 7.91. The zero-order valence-electron chi connectivity index (χ0n) is 16.9. The summed E-state index contributed by atoms with van der Waals surface area (Å²) >= 11 is 8.33. The molecule has 10 heteroatoms. The molecular formula is C21H22ClN3O3S3. The first-order valence-electron chi connectivity index (χ1n) is 9.90. The Bertz CT molecular complexity index is 1180. The minimum Gasteiger partial charge on any atom is -0.361 e. The van der Waals surface area contributed by atoms with E-state index in [0.717, 1.165) is 29.7 Å². The molecule has 0 radical (unpaired) electrons. The minimum absolute atomic E-state index is 0.0177. The van der Waals surface area contributed by atoms with Crippen LogP contribution in [0.15, 0.2) is 46.8 Å². The number of hydrogen-bond donors (Lipinski definition) is 1. The number of thiazole rings is 1. The summed E-state index contributed by atoms with van der Waals surface area (Å²) in [5, 5.41) is 4.02. The van der Waals surface area contributed by atoms with Crippen LogP contribution in [0.3, 0.4) is 0 Å². The zero-order valence-corrected chi connectivity index (χ0v) is 20.1. The highest BCUT2D eigenvalue weighted by Gasteiger charge is 2.30. The number of nitrogens with one attached hydrogen (secondary N) is 1. The third kappa shape index (κ3) is 5.01. The molecule has 0 spiro atoms. The molecule has 1 saturated heterocycles. The van der Waals surface area contributed by atoms with Crippen molar-refractivity contribution >= 4 is 55.2 Å². The fourth-order valence-corrected chi connectivity index (χ4v) is 7.45. The summed E-state index contributed by atoms with van der Waals surface area (Å²) in [6.07, 6.45) is 3.15. The molecule has 0 aliphatic carbocycles. The maximum Gasteiger partial charge on any atom is 0.252 e. The average Bonchev–Trinajstić information content (AvgIpc) is 3.42. The number of halogens is 1. The lowest BCUT2D eigenvalue weighted by Crippen LogP contribution is -2.39. The van der Waals surface area contributed by atoms with Crippen molar-refractivity contribution in [3.63, 3.8) is 0 Å². The molecule has 0 saturated carbocycles. The van der Waals surface area contributed by atoms with E-state index >= 15 is 0 Å². The van der Waals surface area contributed by atoms with Crippen LogP contribution in [0.4, 0.5) is 5.13 Å². The van der Waals surface area contributed by atoms with Gasteiger partial charge in [-0.3, -0.25) is 4.79 Å². The van der Waals surface area contributed by atoms with Gasteiger partial charge in [0.25, 0.3) is 10.0 Å². The van der Waals surface area contributed by atoms with E-state index in [2.05, 4.69) is 10.3 Å². The fourth-order valence-electron chi connectivity index (χ4n) is 3.57. The topological polar surface area (TPSA) is 79.4 Å². The van der Waals surface area contributed by atoms with Gasteiger partial charge in [0.1, 0.15) is 4.21 Å². The van der Waals surface area contributed by atoms with Crippen molar-refractivity contribution in [2.24, 2.45) is 5.92 Å². The number of rotatable bonds is 7. The van der Waals surface area contributed by atoms with Crippen molar-refractivity contribution in [1.29, 1.82) is 0 Å². The molecule has 0 bridgehead atoms. The van der Waals surface area contributed by atoms with E-state index in [-0.39, 0.29) is 5.78 Å². The summed E-state index contributed by atoms with van der Waals surface area (Å²) in [5.41, 5.74) is 1.64. The van der Waals surface area contributed by atoms with Gasteiger partial charge in [-0.25, -0.2) is 13.4 Å². The molecule has 6 nitrogen and oxygen atoms in total. The number of carbonyl (C=O) groups excluding carboxylic acids is 1. The smallest absolute Gasteiger partial charge is 0.252 e. The van der Waals surface area contributed by atoms with E-state index in [4.69, 9.17) is 11.6 Å². The first-order chi connectivity index (χ1) is 14.8. The van der Waals surface area contributed by atoms with Crippen molar-refractivity contribution in [2.75, 3.05) is 25.0 Å². The number of aryl methyl sites for hydroxylation is 1. The van der Waals surface area contributed by atoms with Crippen molar-refractivity contribution in [3.05, 3.63) is 62.9 Å². The van der Waals surface area contributed by atoms with E-state index in [1.54, 1.807) is 18.3 Å². The van der Waals surface area contributed by atoms with Gasteiger partial charge in [0.2, 0.25) is 5.78 Å². The van der Waals surface area contributed by atoms with Crippen LogP contribution >= 0.6 is 34.3 Å². The first kappa shape index (κ1) is 22.4. The second-order valence-corrected chi connectivity index (χ2v) is 12.4. The summed E-state index contributed by atoms with van der Waals surface area (Å²) in [5.74, 6) is 0.327. The van der Waals surface area contributed by atoms with Crippen LogP contribution in [-0.4, -0.2) is 43.1 Å². The molecular weight excluding hydrogens is 474 g/mol. The van der Waals surface area contributed by atoms with Gasteiger partial charge in [-0.1, -0.05) is 47.2 Å². The Labute approximate surface area is 194 Å². The normalized spacial score (nSPS) is 15.8. The number of piperidine rings is 1. The fraction of sp³-hybridized carbons (Fsp3) is 0.333. The quantitative estimate of drug-likeness (QED) is 0.471. The molecule has 1 aromatic carbocycles. The van der Waals surface area contributed by atoms with Crippen molar-refractivity contribution in [3.8, 4) is 0 Å². The molecule has 31 heavy (non-hydrogen) atoms. The maximum atomic E-state index is 12.7. The van der Waals surface area contributed by atoms with Crippen molar-refractivity contribution in [1.82, 2.24) is 9.29 Å². The van der Waals surface area contributed by atoms with Crippen LogP contribution in [0, 0.1) is 12.8 Å². The molecule has 1 N–H and O–H groups in total. The van der Waals surface area contributed by atoms with Gasteiger partial charge >= 0.3 is 0 Å². The second kappa shape index (κ2) is 9.38. The highest BCUT2D eigenvalue weighted by atomic mass is 35.5. The molecule has 164 valence electrons. The van der Waals surface area contributed by atoms with Gasteiger partial charge in [0.15, 0.2) is 5.13 Å². The summed E-state index contributed by atoms with van der Waals surface area (Å²) in [6.45, 7) is 3.59. The molecule has 1 aliphatic heterocycles. The van der Waals surface area contributed by atoms with E-state index in [1.165, 1.54) is 15.6 Å². The predicted octanol–water partition coefficient (Wildman–Crippen LogP) is 4.91. The number of sulfonamides is 1. The Kier molecular flexibility index (Phi) is 6.78. The van der Waals surface area contributed by atoms with Gasteiger partial charge < -0.3 is 5.32 Å². The molecule has 2 aromatic heterocycles. The molecule has 4 rings (SSSR count). The third-order valence-electron chi connectivity index (χ3n) is 5.38. The monoisotopic (exact) mass is 495 g/mol. The van der Waals surface area contributed by atoms with Crippen LogP contribution in [0.2, 0.25) is 4.34 Å². The molecule has 3 heterocycles. The largest absolute Gasteiger partial charge is 0.361 e. The molecule has 0 amide bonds. The molecule has 0 unspecified atom stereocenters. The Morgan fingerprint density at radius 3 is 2.61 bits per heavy atom. The number of thiophene rings is 1. The van der Waals surface area contributed by atoms with E-state index < -0.39 is 10.0 Å². The predicted molar refractivity (Wildman–Crippen MR) is 126 cm³/mol. The Morgan fingerprint density at radius 2 is 1.94 bits per heavy atom. The van der Waals surface area contributed by atoms with E-state index in [9.17, 15) is 13.2 Å². The molecule has 1 fully saturated rings. The zero-order chi connectivity index (χ0) is 22.0. The minimum atomic E-state index is -3.47. The number of carbonyl (C=O) groups is 1. The first-order valence-corrected chi connectivity index (χ1v) is 13.3. The third-order valence-corrected chi connectivity index (χ3v) is 9.93. The number of anilines is 1. The lowest BCUT2D eigenvalue weighted by atomic mass is 9.98. The van der Waals surface area contributed by atoms with Gasteiger partial charge in [-0.15, -0.1) is 11.3 Å². The lowest BCUT2D eigenvalue weighted by molar-refractivity contribution is 0.104. The van der Waals surface area contributed by atoms with E-state index in [1.807, 2.05) is 31.2 Å². The second-order valence-electron chi connectivity index (χ2n) is 7.46. The van der Waals surface area contributed by atoms with Gasteiger partial charge in [-0.05, 0) is 43.4 Å². The average molecular weight is 496 g/mol. The molecule has 1 aliphatic rings. The van der Waals surface area contributed by atoms with E-state index in [0.29, 0.717) is 49.7 Å². The van der Waals surface area contributed by atoms with Gasteiger partial charge in [0, 0.05) is 25.2 Å². The van der Waals surface area contributed by atoms with Gasteiger partial charge in [-0.2, -0.15) is 4.31 Å². The summed E-state index contributed by atoms with van der Waals surface area (Å²) < 4.78 is 27.7. The number of hydrogen-bond acceptors (Lipinski definition) is 7. The number of benzene rings is 1. The van der Waals surface area contributed by atoms with Crippen LogP contribution in [0.5, 0.6) is 0 Å². The SMILES string of the molecule is Cc1ccccc1C(=O)c1cnc(NCC2CCN(S(=O)(=O)c3ccc(Cl)s3)CC2)s1. The standard InChI is InChI=1S/C21H22ClN3O3S3/c1-14-4-2-3-5-16(14)20(26)17-13-24-21(29-17)23-12-15-8-10-25(11-9-15)31(27,28)19-7-6-18(22)30-19/h2-7,13,15H,8-12H2,1H3,(H,23,24). The van der Waals surface area contributed by atoms with Crippen LogP contribution in [0.25, 0.3) is 0 Å². The van der Waals surface area contributed by atoms with Crippen LogP contribution < -0.4 is 5.32 Å². The highest BCUT2D eigenvalue weighted by Crippen LogP contribution is 2.31. The molecule has 0 atom stereocenters. The Balaban J connectivity index is 1.31. The number of aromatic nitrogens is 1. The van der Waals surface area contributed by atoms with Gasteiger partial charge in [0.05, 0.1) is 15.4 Å². The summed E-state index contributed by atoms with van der Waals surface area (Å²) in [6, 6.07) is 10.7. The number of nitrogens with zero attached hydrogens (tertiary/aromatic N) is 2. The maximum absolute atomic E-state index is 12.7. The lowest BCUT2D eigenvalue weighted by Gasteiger charge is -2.30. The summed E-state index contributed by atoms with van der Waals surface area (Å²) in [4.78, 5) is 17.7. The van der Waals surface area contributed by atoms with Crippen molar-refractivity contribution in [2.45, 2.75) is 24.0 Å². The number of ketones is 1. The van der Waals surface area contributed by atoms with Crippen LogP contribution in [0.1, 0.15) is 33.6 Å². The van der Waals surface area contributed by atoms with Crippen LogP contribution in [-0.2, 0) is 10.0 Å². The Hall–Kier alpha value is -1.78. The summed E-state index contributed by atoms with van der Waals surface area (Å²) in [7, 11) is -3.47. The Morgan fingerprint density at radius 1 is 1.19 bits per heavy atom. The van der Waals surface area contributed by atoms with Crippen molar-refractivity contribution < 1.29 is 13.2 Å².